The Labute approximate surface area is 178 Å². The van der Waals surface area contributed by atoms with Gasteiger partial charge in [-0.25, -0.2) is 0 Å². The number of methoxy groups -OCH3 is 2. The smallest absolute Gasteiger partial charge is 0.241 e. The first-order valence-corrected chi connectivity index (χ1v) is 9.96. The molecule has 0 saturated carbocycles. The summed E-state index contributed by atoms with van der Waals surface area (Å²) in [4.78, 5) is 12.7. The zero-order valence-corrected chi connectivity index (χ0v) is 17.8. The van der Waals surface area contributed by atoms with E-state index in [1.165, 1.54) is 11.1 Å². The topological polar surface area (TPSA) is 59.6 Å². The van der Waals surface area contributed by atoms with Gasteiger partial charge in [0.15, 0.2) is 0 Å². The molecule has 2 N–H and O–H groups in total. The summed E-state index contributed by atoms with van der Waals surface area (Å²) < 4.78 is 10.6. The molecule has 1 amide bonds. The van der Waals surface area contributed by atoms with Gasteiger partial charge in [0.25, 0.3) is 0 Å². The van der Waals surface area contributed by atoms with Crippen molar-refractivity contribution >= 4 is 11.6 Å². The third-order valence-corrected chi connectivity index (χ3v) is 5.08. The maximum absolute atomic E-state index is 12.7. The highest BCUT2D eigenvalue weighted by Crippen LogP contribution is 2.29. The highest BCUT2D eigenvalue weighted by atomic mass is 16.5. The third kappa shape index (κ3) is 5.19. The number of carbonyl (C=O) groups is 1. The molecule has 3 aromatic carbocycles. The second-order valence-electron chi connectivity index (χ2n) is 7.15. The number of ether oxygens (including phenoxy) is 2. The third-order valence-electron chi connectivity index (χ3n) is 5.08. The van der Waals surface area contributed by atoms with Gasteiger partial charge in [-0.1, -0.05) is 54.6 Å². The van der Waals surface area contributed by atoms with Crippen LogP contribution in [0.4, 0.5) is 5.69 Å². The van der Waals surface area contributed by atoms with E-state index in [0.717, 1.165) is 5.56 Å². The Kier molecular flexibility index (Phi) is 7.09. The van der Waals surface area contributed by atoms with E-state index in [0.29, 0.717) is 17.2 Å². The molecule has 2 atom stereocenters. The van der Waals surface area contributed by atoms with Crippen LogP contribution in [0.25, 0.3) is 11.1 Å². The average Bonchev–Trinajstić information content (AvgIpc) is 2.79. The lowest BCUT2D eigenvalue weighted by Crippen LogP contribution is -2.39. The van der Waals surface area contributed by atoms with Crippen molar-refractivity contribution in [3.63, 3.8) is 0 Å². The van der Waals surface area contributed by atoms with E-state index >= 15 is 0 Å². The van der Waals surface area contributed by atoms with E-state index in [1.54, 1.807) is 32.4 Å². The molecule has 0 aromatic heterocycles. The quantitative estimate of drug-likeness (QED) is 0.552. The van der Waals surface area contributed by atoms with Crippen LogP contribution in [-0.4, -0.2) is 26.2 Å². The molecule has 3 aromatic rings. The second-order valence-corrected chi connectivity index (χ2v) is 7.15. The van der Waals surface area contributed by atoms with Crippen LogP contribution in [0.3, 0.4) is 0 Å². The van der Waals surface area contributed by atoms with Crippen LogP contribution in [0.5, 0.6) is 11.5 Å². The fourth-order valence-corrected chi connectivity index (χ4v) is 3.29. The molecule has 0 aliphatic rings. The number of anilines is 1. The molecule has 0 heterocycles. The second kappa shape index (κ2) is 9.94. The lowest BCUT2D eigenvalue weighted by atomic mass is 10.0. The number of rotatable bonds is 8. The predicted molar refractivity (Wildman–Crippen MR) is 121 cm³/mol. The van der Waals surface area contributed by atoms with Crippen molar-refractivity contribution in [3.05, 3.63) is 78.4 Å². The molecule has 0 fully saturated rings. The summed E-state index contributed by atoms with van der Waals surface area (Å²) in [5, 5.41) is 6.27. The van der Waals surface area contributed by atoms with E-state index in [9.17, 15) is 4.79 Å². The number of carbonyl (C=O) groups excluding carboxylic acids is 1. The molecule has 0 spiro atoms. The first kappa shape index (κ1) is 21.4. The Balaban J connectivity index is 1.64. The van der Waals surface area contributed by atoms with Crippen molar-refractivity contribution in [2.75, 3.05) is 19.5 Å². The van der Waals surface area contributed by atoms with E-state index in [1.807, 2.05) is 32.0 Å². The summed E-state index contributed by atoms with van der Waals surface area (Å²) in [6, 6.07) is 23.6. The number of hydrogen-bond donors (Lipinski definition) is 2. The van der Waals surface area contributed by atoms with Gasteiger partial charge in [-0.3, -0.25) is 10.1 Å². The molecule has 30 heavy (non-hydrogen) atoms. The molecule has 3 rings (SSSR count). The largest absolute Gasteiger partial charge is 0.497 e. The zero-order chi connectivity index (χ0) is 21.5. The van der Waals surface area contributed by atoms with Crippen LogP contribution in [0.1, 0.15) is 25.5 Å². The van der Waals surface area contributed by atoms with Gasteiger partial charge in [-0.05, 0) is 42.7 Å². The van der Waals surface area contributed by atoms with Crippen LogP contribution in [0, 0.1) is 0 Å². The minimum atomic E-state index is -0.398. The van der Waals surface area contributed by atoms with Gasteiger partial charge in [-0.2, -0.15) is 0 Å². The van der Waals surface area contributed by atoms with Gasteiger partial charge >= 0.3 is 0 Å². The van der Waals surface area contributed by atoms with Crippen LogP contribution < -0.4 is 20.1 Å². The van der Waals surface area contributed by atoms with Gasteiger partial charge in [0, 0.05) is 12.1 Å². The number of nitrogens with one attached hydrogen (secondary N) is 2. The van der Waals surface area contributed by atoms with E-state index in [4.69, 9.17) is 9.47 Å². The van der Waals surface area contributed by atoms with Crippen LogP contribution in [0.15, 0.2) is 72.8 Å². The van der Waals surface area contributed by atoms with Crippen molar-refractivity contribution in [2.45, 2.75) is 25.9 Å². The Morgan fingerprint density at radius 2 is 1.50 bits per heavy atom. The molecular weight excluding hydrogens is 376 g/mol. The Bertz CT molecular complexity index is 971. The Hall–Kier alpha value is -3.31. The standard InChI is InChI=1S/C25H28N2O3/c1-17(19-10-12-21(13-11-19)20-8-6-5-7-9-20)26-18(2)25(28)27-23-16-22(29-3)14-15-24(23)30-4/h5-18,26H,1-4H3,(H,27,28)/t17-,18+/m1/s1. The Morgan fingerprint density at radius 3 is 2.13 bits per heavy atom. The summed E-state index contributed by atoms with van der Waals surface area (Å²) >= 11 is 0. The van der Waals surface area contributed by atoms with Gasteiger partial charge in [0.2, 0.25) is 5.91 Å². The lowest BCUT2D eigenvalue weighted by molar-refractivity contribution is -0.117. The van der Waals surface area contributed by atoms with Crippen LogP contribution in [0.2, 0.25) is 0 Å². The molecule has 0 radical (unpaired) electrons. The van der Waals surface area contributed by atoms with Crippen molar-refractivity contribution in [1.29, 1.82) is 0 Å². The van der Waals surface area contributed by atoms with Crippen molar-refractivity contribution in [3.8, 4) is 22.6 Å². The fourth-order valence-electron chi connectivity index (χ4n) is 3.29. The van der Waals surface area contributed by atoms with Crippen molar-refractivity contribution in [2.24, 2.45) is 0 Å². The molecule has 5 heteroatoms. The van der Waals surface area contributed by atoms with Crippen LogP contribution >= 0.6 is 0 Å². The van der Waals surface area contributed by atoms with Gasteiger partial charge < -0.3 is 14.8 Å². The maximum atomic E-state index is 12.7. The Morgan fingerprint density at radius 1 is 0.833 bits per heavy atom. The first-order chi connectivity index (χ1) is 14.5. The maximum Gasteiger partial charge on any atom is 0.241 e. The highest BCUT2D eigenvalue weighted by Gasteiger charge is 2.18. The summed E-state index contributed by atoms with van der Waals surface area (Å²) in [6.45, 7) is 3.89. The number of benzene rings is 3. The van der Waals surface area contributed by atoms with Gasteiger partial charge in [-0.15, -0.1) is 0 Å². The highest BCUT2D eigenvalue weighted by molar-refractivity contribution is 5.96. The van der Waals surface area contributed by atoms with E-state index in [2.05, 4.69) is 47.0 Å². The molecule has 0 saturated heterocycles. The SMILES string of the molecule is COc1ccc(OC)c(NC(=O)[C@H](C)N[C@H](C)c2ccc(-c3ccccc3)cc2)c1. The molecule has 0 aliphatic carbocycles. The van der Waals surface area contributed by atoms with Crippen LogP contribution in [-0.2, 0) is 4.79 Å². The van der Waals surface area contributed by atoms with E-state index < -0.39 is 6.04 Å². The van der Waals surface area contributed by atoms with Crippen molar-refractivity contribution in [1.82, 2.24) is 5.32 Å². The molecule has 0 bridgehead atoms. The average molecular weight is 405 g/mol. The monoisotopic (exact) mass is 404 g/mol. The fraction of sp³-hybridized carbons (Fsp3) is 0.240. The molecule has 5 nitrogen and oxygen atoms in total. The summed E-state index contributed by atoms with van der Waals surface area (Å²) in [7, 11) is 3.16. The number of hydrogen-bond acceptors (Lipinski definition) is 4. The van der Waals surface area contributed by atoms with Gasteiger partial charge in [0.1, 0.15) is 11.5 Å². The summed E-state index contributed by atoms with van der Waals surface area (Å²) in [5.74, 6) is 1.09. The molecule has 0 aliphatic heterocycles. The molecule has 156 valence electrons. The normalized spacial score (nSPS) is 12.7. The van der Waals surface area contributed by atoms with Gasteiger partial charge in [0.05, 0.1) is 25.9 Å². The minimum absolute atomic E-state index is 0.0165. The first-order valence-electron chi connectivity index (χ1n) is 9.96. The zero-order valence-electron chi connectivity index (χ0n) is 17.8. The van der Waals surface area contributed by atoms with Crippen molar-refractivity contribution < 1.29 is 14.3 Å². The molecular formula is C25H28N2O3. The summed E-state index contributed by atoms with van der Waals surface area (Å²) in [5.41, 5.74) is 4.05. The molecule has 0 unspecified atom stereocenters. The lowest BCUT2D eigenvalue weighted by Gasteiger charge is -2.21. The number of amides is 1. The minimum Gasteiger partial charge on any atom is -0.497 e. The predicted octanol–water partition coefficient (Wildman–Crippen LogP) is 5.05. The van der Waals surface area contributed by atoms with E-state index in [-0.39, 0.29) is 11.9 Å². The summed E-state index contributed by atoms with van der Waals surface area (Å²) in [6.07, 6.45) is 0.